The van der Waals surface area contributed by atoms with Crippen molar-refractivity contribution in [3.05, 3.63) is 52.9 Å². The number of hydrogen-bond donors (Lipinski definition) is 0. The number of benzene rings is 1. The van der Waals surface area contributed by atoms with Crippen molar-refractivity contribution in [2.75, 3.05) is 18.0 Å². The molecule has 29 heavy (non-hydrogen) atoms. The van der Waals surface area contributed by atoms with Crippen molar-refractivity contribution in [1.82, 2.24) is 14.9 Å². The Morgan fingerprint density at radius 1 is 1.07 bits per heavy atom. The summed E-state index contributed by atoms with van der Waals surface area (Å²) >= 11 is 5.95. The first-order valence-corrected chi connectivity index (χ1v) is 10.0. The molecule has 1 aromatic carbocycles. The minimum Gasteiger partial charge on any atom is -0.356 e. The highest BCUT2D eigenvalue weighted by molar-refractivity contribution is 6.29. The Hall–Kier alpha value is -2.32. The number of carbonyl (C=O) groups is 1. The zero-order valence-corrected chi connectivity index (χ0v) is 16.3. The maximum atomic E-state index is 13.7. The van der Waals surface area contributed by atoms with E-state index in [1.165, 1.54) is 18.5 Å². The fourth-order valence-corrected chi connectivity index (χ4v) is 4.88. The minimum atomic E-state index is -0.886. The van der Waals surface area contributed by atoms with Gasteiger partial charge in [0.1, 0.15) is 35.2 Å². The first-order chi connectivity index (χ1) is 13.9. The maximum absolute atomic E-state index is 13.7. The standard InChI is InChI=1S/C20H19ClF2N4O2/c21-16-10-17(25-11-24-16)26-5-3-20(4-6-26)19(28)27-15(1-2-18(27)29-20)12-7-13(22)9-14(23)8-12/h7-11,15,18H,1-6H2/t15-,18+/m0/s1. The lowest BCUT2D eigenvalue weighted by atomic mass is 9.89. The average molecular weight is 421 g/mol. The van der Waals surface area contributed by atoms with Crippen molar-refractivity contribution in [2.24, 2.45) is 0 Å². The number of ether oxygens (including phenoxy) is 1. The molecule has 4 heterocycles. The lowest BCUT2D eigenvalue weighted by molar-refractivity contribution is -0.140. The molecule has 9 heteroatoms. The molecule has 5 rings (SSSR count). The van der Waals surface area contributed by atoms with Crippen molar-refractivity contribution in [2.45, 2.75) is 43.6 Å². The van der Waals surface area contributed by atoms with Gasteiger partial charge < -0.3 is 14.5 Å². The molecule has 0 unspecified atom stereocenters. The van der Waals surface area contributed by atoms with E-state index in [1.807, 2.05) is 0 Å². The van der Waals surface area contributed by atoms with E-state index in [-0.39, 0.29) is 18.2 Å². The summed E-state index contributed by atoms with van der Waals surface area (Å²) in [4.78, 5) is 25.2. The third kappa shape index (κ3) is 3.14. The van der Waals surface area contributed by atoms with Crippen LogP contribution in [0.2, 0.25) is 5.15 Å². The van der Waals surface area contributed by atoms with Crippen LogP contribution >= 0.6 is 11.6 Å². The van der Waals surface area contributed by atoms with Gasteiger partial charge in [0.15, 0.2) is 5.60 Å². The van der Waals surface area contributed by atoms with Gasteiger partial charge in [-0.3, -0.25) is 4.79 Å². The Bertz CT molecular complexity index is 947. The summed E-state index contributed by atoms with van der Waals surface area (Å²) in [6.07, 6.45) is 3.38. The number of piperidine rings is 1. The molecule has 3 fully saturated rings. The van der Waals surface area contributed by atoms with Gasteiger partial charge in [-0.1, -0.05) is 11.6 Å². The Kier molecular flexibility index (Phi) is 4.43. The molecule has 0 aliphatic carbocycles. The molecule has 2 aromatic rings. The molecule has 3 saturated heterocycles. The fraction of sp³-hybridized carbons (Fsp3) is 0.450. The predicted molar refractivity (Wildman–Crippen MR) is 101 cm³/mol. The van der Waals surface area contributed by atoms with Gasteiger partial charge in [0.2, 0.25) is 0 Å². The Morgan fingerprint density at radius 3 is 2.48 bits per heavy atom. The fourth-order valence-electron chi connectivity index (χ4n) is 4.73. The molecule has 3 aliphatic heterocycles. The number of fused-ring (bicyclic) bond motifs is 1. The van der Waals surface area contributed by atoms with Crippen LogP contribution in [0, 0.1) is 11.6 Å². The lowest BCUT2D eigenvalue weighted by Gasteiger charge is -2.38. The lowest BCUT2D eigenvalue weighted by Crippen LogP contribution is -2.50. The van der Waals surface area contributed by atoms with Crippen molar-refractivity contribution in [1.29, 1.82) is 0 Å². The van der Waals surface area contributed by atoms with Gasteiger partial charge in [0.05, 0.1) is 6.04 Å². The number of amides is 1. The van der Waals surface area contributed by atoms with E-state index in [0.29, 0.717) is 49.5 Å². The number of halogens is 3. The zero-order valence-electron chi connectivity index (χ0n) is 15.5. The highest BCUT2D eigenvalue weighted by Gasteiger charge is 2.58. The van der Waals surface area contributed by atoms with Crippen LogP contribution in [0.1, 0.15) is 37.3 Å². The monoisotopic (exact) mass is 420 g/mol. The molecule has 1 amide bonds. The molecular formula is C20H19ClF2N4O2. The molecule has 1 spiro atoms. The molecule has 3 aliphatic rings. The van der Waals surface area contributed by atoms with Crippen LogP contribution in [0.5, 0.6) is 0 Å². The summed E-state index contributed by atoms with van der Waals surface area (Å²) in [5, 5.41) is 0.370. The molecular weight excluding hydrogens is 402 g/mol. The van der Waals surface area contributed by atoms with E-state index < -0.39 is 17.2 Å². The molecule has 0 radical (unpaired) electrons. The Labute approximate surface area is 171 Å². The van der Waals surface area contributed by atoms with Gasteiger partial charge in [0, 0.05) is 38.1 Å². The maximum Gasteiger partial charge on any atom is 0.257 e. The van der Waals surface area contributed by atoms with Crippen LogP contribution in [0.3, 0.4) is 0 Å². The first-order valence-electron chi connectivity index (χ1n) is 9.64. The number of rotatable bonds is 2. The van der Waals surface area contributed by atoms with Crippen LogP contribution < -0.4 is 4.90 Å². The van der Waals surface area contributed by atoms with Gasteiger partial charge >= 0.3 is 0 Å². The van der Waals surface area contributed by atoms with Crippen molar-refractivity contribution >= 4 is 23.3 Å². The summed E-state index contributed by atoms with van der Waals surface area (Å²) in [7, 11) is 0. The number of anilines is 1. The van der Waals surface area contributed by atoms with E-state index in [2.05, 4.69) is 14.9 Å². The van der Waals surface area contributed by atoms with E-state index in [9.17, 15) is 13.6 Å². The van der Waals surface area contributed by atoms with Gasteiger partial charge in [-0.05, 0) is 30.5 Å². The SMILES string of the molecule is O=C1N2[C@@H](CC[C@H]2c2cc(F)cc(F)c2)OC12CCN(c1cc(Cl)ncn1)CC2. The molecule has 1 aromatic heterocycles. The van der Waals surface area contributed by atoms with E-state index in [4.69, 9.17) is 16.3 Å². The summed E-state index contributed by atoms with van der Waals surface area (Å²) in [5.41, 5.74) is -0.408. The van der Waals surface area contributed by atoms with Gasteiger partial charge in [-0.15, -0.1) is 0 Å². The van der Waals surface area contributed by atoms with Crippen molar-refractivity contribution in [3.8, 4) is 0 Å². The smallest absolute Gasteiger partial charge is 0.257 e. The Balaban J connectivity index is 1.35. The molecule has 2 atom stereocenters. The van der Waals surface area contributed by atoms with Crippen LogP contribution in [0.4, 0.5) is 14.6 Å². The molecule has 0 saturated carbocycles. The van der Waals surface area contributed by atoms with E-state index in [0.717, 1.165) is 11.9 Å². The first kappa shape index (κ1) is 18.7. The average Bonchev–Trinajstić information content (AvgIpc) is 3.20. The van der Waals surface area contributed by atoms with Crippen molar-refractivity contribution in [3.63, 3.8) is 0 Å². The summed E-state index contributed by atoms with van der Waals surface area (Å²) in [6, 6.07) is 4.78. The molecule has 0 N–H and O–H groups in total. The summed E-state index contributed by atoms with van der Waals surface area (Å²) in [5.74, 6) is -0.640. The second-order valence-electron chi connectivity index (χ2n) is 7.76. The van der Waals surface area contributed by atoms with E-state index in [1.54, 1.807) is 11.0 Å². The second-order valence-corrected chi connectivity index (χ2v) is 8.15. The number of aromatic nitrogens is 2. The topological polar surface area (TPSA) is 58.6 Å². The normalized spacial score (nSPS) is 25.7. The molecule has 0 bridgehead atoms. The van der Waals surface area contributed by atoms with Crippen LogP contribution in [0.25, 0.3) is 0 Å². The van der Waals surface area contributed by atoms with Gasteiger partial charge in [-0.25, -0.2) is 18.7 Å². The zero-order chi connectivity index (χ0) is 20.2. The third-order valence-corrected chi connectivity index (χ3v) is 6.31. The Morgan fingerprint density at radius 2 is 1.79 bits per heavy atom. The van der Waals surface area contributed by atoms with Crippen LogP contribution in [-0.2, 0) is 9.53 Å². The largest absolute Gasteiger partial charge is 0.356 e. The van der Waals surface area contributed by atoms with Gasteiger partial charge in [0.25, 0.3) is 5.91 Å². The molecule has 152 valence electrons. The molecule has 6 nitrogen and oxygen atoms in total. The second kappa shape index (κ2) is 6.88. The van der Waals surface area contributed by atoms with Crippen LogP contribution in [-0.4, -0.2) is 45.7 Å². The summed E-state index contributed by atoms with van der Waals surface area (Å²) in [6.45, 7) is 1.19. The number of hydrogen-bond acceptors (Lipinski definition) is 5. The predicted octanol–water partition coefficient (Wildman–Crippen LogP) is 3.47. The van der Waals surface area contributed by atoms with Crippen LogP contribution in [0.15, 0.2) is 30.6 Å². The minimum absolute atomic E-state index is 0.0879. The number of nitrogens with zero attached hydrogens (tertiary/aromatic N) is 4. The highest BCUT2D eigenvalue weighted by Crippen LogP contribution is 2.48. The van der Waals surface area contributed by atoms with Crippen molar-refractivity contribution < 1.29 is 18.3 Å². The van der Waals surface area contributed by atoms with E-state index >= 15 is 0 Å². The highest BCUT2D eigenvalue weighted by atomic mass is 35.5. The van der Waals surface area contributed by atoms with Gasteiger partial charge in [-0.2, -0.15) is 0 Å². The number of carbonyl (C=O) groups excluding carboxylic acids is 1. The third-order valence-electron chi connectivity index (χ3n) is 6.10. The summed E-state index contributed by atoms with van der Waals surface area (Å²) < 4.78 is 33.7. The quantitative estimate of drug-likeness (QED) is 0.696.